The zero-order chi connectivity index (χ0) is 26.0. The van der Waals surface area contributed by atoms with Crippen molar-refractivity contribution in [3.8, 4) is 0 Å². The van der Waals surface area contributed by atoms with Gasteiger partial charge in [0.25, 0.3) is 5.79 Å². The molecule has 0 saturated carbocycles. The summed E-state index contributed by atoms with van der Waals surface area (Å²) in [6, 6.07) is 14.3. The van der Waals surface area contributed by atoms with Crippen LogP contribution in [0.25, 0.3) is 11.1 Å². The van der Waals surface area contributed by atoms with Crippen LogP contribution in [-0.2, 0) is 30.3 Å². The van der Waals surface area contributed by atoms with E-state index in [2.05, 4.69) is 5.32 Å². The number of fused-ring (bicyclic) bond motifs is 1. The van der Waals surface area contributed by atoms with Gasteiger partial charge in [0.05, 0.1) is 27.4 Å². The molecule has 0 aromatic heterocycles. The quantitative estimate of drug-likeness (QED) is 0.561. The van der Waals surface area contributed by atoms with Gasteiger partial charge in [-0.05, 0) is 76.3 Å². The molecule has 1 fully saturated rings. The van der Waals surface area contributed by atoms with Gasteiger partial charge in [-0.15, -0.1) is 0 Å². The van der Waals surface area contributed by atoms with Gasteiger partial charge in [-0.25, -0.2) is 4.39 Å². The van der Waals surface area contributed by atoms with Crippen molar-refractivity contribution in [1.29, 1.82) is 0 Å². The van der Waals surface area contributed by atoms with E-state index in [-0.39, 0.29) is 11.7 Å². The number of hydrogen-bond acceptors (Lipinski definition) is 5. The molecule has 1 aliphatic heterocycles. The van der Waals surface area contributed by atoms with E-state index in [1.165, 1.54) is 18.2 Å². The molecule has 2 aliphatic carbocycles. The van der Waals surface area contributed by atoms with Crippen LogP contribution in [0.4, 0.5) is 4.39 Å². The molecule has 1 N–H and O–H groups in total. The fourth-order valence-electron chi connectivity index (χ4n) is 4.85. The van der Waals surface area contributed by atoms with Gasteiger partial charge in [0.2, 0.25) is 5.91 Å². The van der Waals surface area contributed by atoms with Gasteiger partial charge >= 0.3 is 0 Å². The van der Waals surface area contributed by atoms with Crippen LogP contribution in [0, 0.1) is 5.82 Å². The van der Waals surface area contributed by atoms with Gasteiger partial charge in [-0.1, -0.05) is 36.4 Å². The van der Waals surface area contributed by atoms with E-state index in [0.29, 0.717) is 42.4 Å². The van der Waals surface area contributed by atoms with Gasteiger partial charge in [-0.3, -0.25) is 4.79 Å². The maximum absolute atomic E-state index is 14.3. The lowest BCUT2D eigenvalue weighted by Crippen LogP contribution is -2.38. The molecule has 1 spiro atoms. The highest BCUT2D eigenvalue weighted by Gasteiger charge is 2.49. The van der Waals surface area contributed by atoms with Gasteiger partial charge < -0.3 is 24.3 Å². The zero-order valence-corrected chi connectivity index (χ0v) is 21.0. The molecule has 37 heavy (non-hydrogen) atoms. The Balaban J connectivity index is 1.52. The average molecular weight is 502 g/mol. The Bertz CT molecular complexity index is 1350. The first-order chi connectivity index (χ1) is 17.9. The molecule has 0 radical (unpaired) electrons. The molecule has 7 heteroatoms. The number of amides is 1. The normalized spacial score (nSPS) is 19.0. The summed E-state index contributed by atoms with van der Waals surface area (Å²) in [4.78, 5) is 12.8. The number of allylic oxidation sites excluding steroid dienone is 7. The van der Waals surface area contributed by atoms with Crippen molar-refractivity contribution in [3.63, 3.8) is 0 Å². The molecule has 0 atom stereocenters. The van der Waals surface area contributed by atoms with Crippen molar-refractivity contribution in [3.05, 3.63) is 118 Å². The molecule has 0 unspecified atom stereocenters. The first-order valence-electron chi connectivity index (χ1n) is 12.0. The number of benzene rings is 2. The summed E-state index contributed by atoms with van der Waals surface area (Å²) in [5.74, 6) is -0.859. The van der Waals surface area contributed by atoms with Gasteiger partial charge in [0.1, 0.15) is 5.82 Å². The smallest absolute Gasteiger partial charge is 0.288 e. The third kappa shape index (κ3) is 4.63. The summed E-state index contributed by atoms with van der Waals surface area (Å²) < 4.78 is 37.3. The monoisotopic (exact) mass is 501 g/mol. The number of hydrogen-bond donors (Lipinski definition) is 1. The predicted molar refractivity (Wildman–Crippen MR) is 138 cm³/mol. The van der Waals surface area contributed by atoms with Crippen LogP contribution in [-0.4, -0.2) is 39.1 Å². The summed E-state index contributed by atoms with van der Waals surface area (Å²) in [6.07, 6.45) is 7.18. The molecule has 1 heterocycles. The Hall–Kier alpha value is -3.94. The second-order valence-corrected chi connectivity index (χ2v) is 8.87. The van der Waals surface area contributed by atoms with E-state index in [4.69, 9.17) is 18.9 Å². The number of carbonyl (C=O) groups is 1. The minimum absolute atomic E-state index is 0.249. The first-order valence-corrected chi connectivity index (χ1v) is 12.0. The van der Waals surface area contributed by atoms with Gasteiger partial charge in [-0.2, -0.15) is 0 Å². The largest absolute Gasteiger partial charge is 0.495 e. The lowest BCUT2D eigenvalue weighted by molar-refractivity contribution is -0.150. The number of carbonyl (C=O) groups excluding carboxylic acids is 1. The van der Waals surface area contributed by atoms with Crippen molar-refractivity contribution in [2.24, 2.45) is 0 Å². The fourth-order valence-corrected chi connectivity index (χ4v) is 4.85. The third-order valence-corrected chi connectivity index (χ3v) is 6.64. The summed E-state index contributed by atoms with van der Waals surface area (Å²) in [7, 11) is 3.11. The zero-order valence-electron chi connectivity index (χ0n) is 21.0. The molecular formula is C30H28FNO5. The molecule has 1 amide bonds. The van der Waals surface area contributed by atoms with Crippen molar-refractivity contribution < 1.29 is 28.1 Å². The van der Waals surface area contributed by atoms with E-state index in [0.717, 1.165) is 27.8 Å². The molecule has 5 rings (SSSR count). The number of rotatable bonds is 6. The van der Waals surface area contributed by atoms with E-state index >= 15 is 0 Å². The first kappa shape index (κ1) is 24.7. The summed E-state index contributed by atoms with van der Waals surface area (Å²) >= 11 is 0. The maximum Gasteiger partial charge on any atom is 0.288 e. The van der Waals surface area contributed by atoms with E-state index in [1.54, 1.807) is 20.3 Å². The second kappa shape index (κ2) is 10.2. The standard InChI is InChI=1S/C30H28FNO5/c1-19-24(13-21-14-27(34-2)30(28(15-21)35-3)36-11-12-37-30)23-10-9-22(31)16-26(23)25(19)17-29(33)32-18-20-7-5-4-6-8-20/h4-10,13-17H,11-12,18H2,1-3H3,(H,32,33)/b25-17-. The Morgan fingerprint density at radius 2 is 1.70 bits per heavy atom. The maximum atomic E-state index is 14.3. The average Bonchev–Trinajstić information content (AvgIpc) is 3.49. The van der Waals surface area contributed by atoms with E-state index in [1.807, 2.05) is 55.5 Å². The van der Waals surface area contributed by atoms with Crippen LogP contribution in [0.2, 0.25) is 0 Å². The van der Waals surface area contributed by atoms with Gasteiger partial charge in [0.15, 0.2) is 11.5 Å². The lowest BCUT2D eigenvalue weighted by Gasteiger charge is -2.32. The van der Waals surface area contributed by atoms with Crippen molar-refractivity contribution in [2.75, 3.05) is 27.4 Å². The topological polar surface area (TPSA) is 66.0 Å². The van der Waals surface area contributed by atoms with Crippen LogP contribution >= 0.6 is 0 Å². The van der Waals surface area contributed by atoms with E-state index < -0.39 is 5.79 Å². The number of methoxy groups -OCH3 is 2. The molecule has 6 nitrogen and oxygen atoms in total. The Kier molecular flexibility index (Phi) is 6.82. The molecule has 2 aromatic rings. The van der Waals surface area contributed by atoms with Crippen molar-refractivity contribution in [1.82, 2.24) is 5.32 Å². The Morgan fingerprint density at radius 1 is 1.03 bits per heavy atom. The summed E-state index contributed by atoms with van der Waals surface area (Å²) in [5.41, 5.74) is 5.69. The predicted octanol–water partition coefficient (Wildman–Crippen LogP) is 5.06. The lowest BCUT2D eigenvalue weighted by atomic mass is 9.96. The van der Waals surface area contributed by atoms with Crippen LogP contribution in [0.3, 0.4) is 0 Å². The number of halogens is 1. The van der Waals surface area contributed by atoms with Crippen LogP contribution in [0.1, 0.15) is 23.6 Å². The number of nitrogens with one attached hydrogen (secondary N) is 1. The van der Waals surface area contributed by atoms with Crippen LogP contribution in [0.15, 0.2) is 95.5 Å². The Morgan fingerprint density at radius 3 is 2.35 bits per heavy atom. The van der Waals surface area contributed by atoms with Crippen LogP contribution < -0.4 is 5.32 Å². The molecular weight excluding hydrogens is 473 g/mol. The molecule has 0 bridgehead atoms. The SMILES string of the molecule is COC1=CC(=CC2=C(C)/C(=C/C(=O)NCc3ccccc3)c3cc(F)ccc32)C=C(OC)C12OCCO2. The highest BCUT2D eigenvalue weighted by atomic mass is 19.1. The third-order valence-electron chi connectivity index (χ3n) is 6.64. The van der Waals surface area contributed by atoms with Crippen LogP contribution in [0.5, 0.6) is 0 Å². The summed E-state index contributed by atoms with van der Waals surface area (Å²) in [5, 5.41) is 2.92. The highest BCUT2D eigenvalue weighted by Crippen LogP contribution is 2.45. The van der Waals surface area contributed by atoms with Gasteiger partial charge in [0, 0.05) is 12.6 Å². The minimum atomic E-state index is -1.19. The van der Waals surface area contributed by atoms with E-state index in [9.17, 15) is 9.18 Å². The van der Waals surface area contributed by atoms with Crippen molar-refractivity contribution >= 4 is 17.1 Å². The molecule has 2 aromatic carbocycles. The summed E-state index contributed by atoms with van der Waals surface area (Å²) in [6.45, 7) is 3.17. The Labute approximate surface area is 215 Å². The van der Waals surface area contributed by atoms with Crippen molar-refractivity contribution in [2.45, 2.75) is 19.3 Å². The highest BCUT2D eigenvalue weighted by molar-refractivity contribution is 6.08. The molecule has 1 saturated heterocycles. The second-order valence-electron chi connectivity index (χ2n) is 8.87. The fraction of sp³-hybridized carbons (Fsp3) is 0.233. The molecule has 190 valence electrons. The molecule has 3 aliphatic rings. The minimum Gasteiger partial charge on any atom is -0.495 e. The number of ether oxygens (including phenoxy) is 4.